The summed E-state index contributed by atoms with van der Waals surface area (Å²) in [6.07, 6.45) is 0.0256. The van der Waals surface area contributed by atoms with E-state index in [-0.39, 0.29) is 23.8 Å². The first-order valence-electron chi connectivity index (χ1n) is 7.09. The molecule has 5 nitrogen and oxygen atoms in total. The number of amides is 1. The van der Waals surface area contributed by atoms with Gasteiger partial charge < -0.3 is 5.32 Å². The Morgan fingerprint density at radius 2 is 1.83 bits per heavy atom. The van der Waals surface area contributed by atoms with Crippen LogP contribution >= 0.6 is 27.5 Å². The number of benzene rings is 2. The Labute approximate surface area is 154 Å². The van der Waals surface area contributed by atoms with E-state index in [0.29, 0.717) is 10.7 Å². The average Bonchev–Trinajstić information content (AvgIpc) is 2.50. The smallest absolute Gasteiger partial charge is 0.240 e. The van der Waals surface area contributed by atoms with Gasteiger partial charge >= 0.3 is 0 Å². The number of halogens is 2. The van der Waals surface area contributed by atoms with Gasteiger partial charge in [-0.3, -0.25) is 4.79 Å². The van der Waals surface area contributed by atoms with Crippen molar-refractivity contribution in [1.82, 2.24) is 4.72 Å². The number of carbonyl (C=O) groups excluding carboxylic acids is 1. The molecule has 0 atom stereocenters. The van der Waals surface area contributed by atoms with Gasteiger partial charge in [-0.25, -0.2) is 13.1 Å². The number of hydrogen-bond acceptors (Lipinski definition) is 3. The number of anilines is 1. The van der Waals surface area contributed by atoms with E-state index in [0.717, 1.165) is 10.0 Å². The van der Waals surface area contributed by atoms with Gasteiger partial charge in [0.2, 0.25) is 15.9 Å². The van der Waals surface area contributed by atoms with Gasteiger partial charge in [-0.15, -0.1) is 0 Å². The summed E-state index contributed by atoms with van der Waals surface area (Å²) in [7, 11) is -3.63. The van der Waals surface area contributed by atoms with Gasteiger partial charge in [0, 0.05) is 28.1 Å². The Hall–Kier alpha value is -1.41. The van der Waals surface area contributed by atoms with Crippen molar-refractivity contribution in [2.45, 2.75) is 18.2 Å². The molecule has 0 bridgehead atoms. The lowest BCUT2D eigenvalue weighted by atomic mass is 10.2. The number of aryl methyl sites for hydroxylation is 1. The minimum atomic E-state index is -3.63. The Morgan fingerprint density at radius 1 is 1.17 bits per heavy atom. The highest BCUT2D eigenvalue weighted by atomic mass is 79.9. The van der Waals surface area contributed by atoms with Gasteiger partial charge in [0.05, 0.1) is 4.90 Å². The lowest BCUT2D eigenvalue weighted by Gasteiger charge is -2.10. The van der Waals surface area contributed by atoms with Crippen molar-refractivity contribution in [2.75, 3.05) is 11.9 Å². The molecule has 8 heteroatoms. The molecule has 0 aromatic heterocycles. The van der Waals surface area contributed by atoms with Gasteiger partial charge in [-0.2, -0.15) is 0 Å². The van der Waals surface area contributed by atoms with Crippen LogP contribution in [0, 0.1) is 6.92 Å². The SMILES string of the molecule is Cc1cc(Cl)ccc1NC(=O)CCNS(=O)(=O)c1ccc(Br)cc1. The first-order chi connectivity index (χ1) is 11.3. The lowest BCUT2D eigenvalue weighted by molar-refractivity contribution is -0.116. The van der Waals surface area contributed by atoms with E-state index in [1.54, 1.807) is 30.3 Å². The number of sulfonamides is 1. The second-order valence-electron chi connectivity index (χ2n) is 5.11. The molecule has 0 aliphatic carbocycles. The Bertz CT molecular complexity index is 839. The van der Waals surface area contributed by atoms with Gasteiger partial charge in [0.15, 0.2) is 0 Å². The third-order valence-corrected chi connectivity index (χ3v) is 5.47. The third-order valence-electron chi connectivity index (χ3n) is 3.23. The molecule has 2 N–H and O–H groups in total. The molecule has 0 fully saturated rings. The number of rotatable bonds is 6. The summed E-state index contributed by atoms with van der Waals surface area (Å²) >= 11 is 9.11. The predicted octanol–water partition coefficient (Wildman–Crippen LogP) is 3.72. The molecule has 0 aliphatic heterocycles. The van der Waals surface area contributed by atoms with Crippen LogP contribution in [0.4, 0.5) is 5.69 Å². The van der Waals surface area contributed by atoms with Crippen molar-refractivity contribution in [1.29, 1.82) is 0 Å². The lowest BCUT2D eigenvalue weighted by Crippen LogP contribution is -2.27. The molecule has 0 spiro atoms. The summed E-state index contributed by atoms with van der Waals surface area (Å²) in [5, 5.41) is 3.32. The quantitative estimate of drug-likeness (QED) is 0.732. The van der Waals surface area contributed by atoms with E-state index < -0.39 is 10.0 Å². The second kappa shape index (κ2) is 8.11. The molecule has 0 unspecified atom stereocenters. The fourth-order valence-corrected chi connectivity index (χ4v) is 3.50. The minimum Gasteiger partial charge on any atom is -0.326 e. The van der Waals surface area contributed by atoms with E-state index in [4.69, 9.17) is 11.6 Å². The van der Waals surface area contributed by atoms with Crippen LogP contribution in [0.25, 0.3) is 0 Å². The van der Waals surface area contributed by atoms with Gasteiger partial charge in [-0.1, -0.05) is 27.5 Å². The first kappa shape index (κ1) is 18.9. The number of carbonyl (C=O) groups is 1. The molecule has 2 aromatic rings. The minimum absolute atomic E-state index is 0.0108. The average molecular weight is 432 g/mol. The van der Waals surface area contributed by atoms with E-state index in [1.165, 1.54) is 12.1 Å². The molecule has 2 rings (SSSR count). The van der Waals surface area contributed by atoms with Crippen LogP contribution in [-0.2, 0) is 14.8 Å². The van der Waals surface area contributed by atoms with Crippen LogP contribution < -0.4 is 10.0 Å². The monoisotopic (exact) mass is 430 g/mol. The Morgan fingerprint density at radius 3 is 2.46 bits per heavy atom. The summed E-state index contributed by atoms with van der Waals surface area (Å²) in [6, 6.07) is 11.4. The summed E-state index contributed by atoms with van der Waals surface area (Å²) in [5.41, 5.74) is 1.49. The van der Waals surface area contributed by atoms with Crippen molar-refractivity contribution < 1.29 is 13.2 Å². The summed E-state index contributed by atoms with van der Waals surface area (Å²) in [5.74, 6) is -0.279. The van der Waals surface area contributed by atoms with Crippen molar-refractivity contribution >= 4 is 49.1 Å². The van der Waals surface area contributed by atoms with E-state index in [1.807, 2.05) is 6.92 Å². The number of nitrogens with one attached hydrogen (secondary N) is 2. The Kier molecular flexibility index (Phi) is 6.40. The normalized spacial score (nSPS) is 11.3. The molecule has 0 heterocycles. The highest BCUT2D eigenvalue weighted by Crippen LogP contribution is 2.19. The summed E-state index contributed by atoms with van der Waals surface area (Å²) < 4.78 is 27.4. The Balaban J connectivity index is 1.89. The molecule has 24 heavy (non-hydrogen) atoms. The van der Waals surface area contributed by atoms with Crippen LogP contribution in [0.5, 0.6) is 0 Å². The molecular weight excluding hydrogens is 416 g/mol. The van der Waals surface area contributed by atoms with E-state index >= 15 is 0 Å². The van der Waals surface area contributed by atoms with Gasteiger partial charge in [-0.05, 0) is 55.0 Å². The zero-order valence-electron chi connectivity index (χ0n) is 12.8. The maximum atomic E-state index is 12.1. The molecule has 0 saturated heterocycles. The van der Waals surface area contributed by atoms with Crippen molar-refractivity contribution in [3.8, 4) is 0 Å². The van der Waals surface area contributed by atoms with Crippen LogP contribution in [0.2, 0.25) is 5.02 Å². The van der Waals surface area contributed by atoms with Crippen LogP contribution in [0.15, 0.2) is 51.8 Å². The van der Waals surface area contributed by atoms with Gasteiger partial charge in [0.1, 0.15) is 0 Å². The second-order valence-corrected chi connectivity index (χ2v) is 8.23. The zero-order chi connectivity index (χ0) is 17.7. The summed E-state index contributed by atoms with van der Waals surface area (Å²) in [4.78, 5) is 12.1. The fourth-order valence-electron chi connectivity index (χ4n) is 1.98. The fraction of sp³-hybridized carbons (Fsp3) is 0.188. The third kappa shape index (κ3) is 5.31. The standard InChI is InChI=1S/C16H16BrClN2O3S/c1-11-10-13(18)4-7-15(11)20-16(21)8-9-19-24(22,23)14-5-2-12(17)3-6-14/h2-7,10,19H,8-9H2,1H3,(H,20,21). The molecule has 0 radical (unpaired) electrons. The summed E-state index contributed by atoms with van der Waals surface area (Å²) in [6.45, 7) is 1.84. The predicted molar refractivity (Wildman–Crippen MR) is 98.8 cm³/mol. The van der Waals surface area contributed by atoms with Crippen molar-refractivity contribution in [2.24, 2.45) is 0 Å². The highest BCUT2D eigenvalue weighted by Gasteiger charge is 2.14. The van der Waals surface area contributed by atoms with Crippen molar-refractivity contribution in [3.63, 3.8) is 0 Å². The molecular formula is C16H16BrClN2O3S. The largest absolute Gasteiger partial charge is 0.326 e. The highest BCUT2D eigenvalue weighted by molar-refractivity contribution is 9.10. The molecule has 128 valence electrons. The van der Waals surface area contributed by atoms with Crippen molar-refractivity contribution in [3.05, 3.63) is 57.5 Å². The molecule has 0 saturated carbocycles. The maximum absolute atomic E-state index is 12.1. The van der Waals surface area contributed by atoms with E-state index in [9.17, 15) is 13.2 Å². The first-order valence-corrected chi connectivity index (χ1v) is 9.74. The number of hydrogen-bond donors (Lipinski definition) is 2. The molecule has 0 aliphatic rings. The van der Waals surface area contributed by atoms with Crippen LogP contribution in [0.1, 0.15) is 12.0 Å². The van der Waals surface area contributed by atoms with Crippen LogP contribution in [-0.4, -0.2) is 20.9 Å². The van der Waals surface area contributed by atoms with Gasteiger partial charge in [0.25, 0.3) is 0 Å². The molecule has 1 amide bonds. The zero-order valence-corrected chi connectivity index (χ0v) is 16.0. The maximum Gasteiger partial charge on any atom is 0.240 e. The topological polar surface area (TPSA) is 75.3 Å². The van der Waals surface area contributed by atoms with E-state index in [2.05, 4.69) is 26.0 Å². The molecule has 2 aromatic carbocycles. The van der Waals surface area contributed by atoms with Crippen LogP contribution in [0.3, 0.4) is 0 Å².